The van der Waals surface area contributed by atoms with Crippen LogP contribution >= 0.6 is 22.9 Å². The molecule has 0 radical (unpaired) electrons. The van der Waals surface area contributed by atoms with Crippen molar-refractivity contribution in [3.8, 4) is 11.1 Å². The molecule has 0 saturated heterocycles. The van der Waals surface area contributed by atoms with E-state index < -0.39 is 0 Å². The number of fused-ring (bicyclic) bond motifs is 1. The molecule has 0 bridgehead atoms. The highest BCUT2D eigenvalue weighted by Crippen LogP contribution is 2.32. The first-order valence-electron chi connectivity index (χ1n) is 6.36. The minimum absolute atomic E-state index is 0.227. The summed E-state index contributed by atoms with van der Waals surface area (Å²) >= 11 is 7.42. The number of carbonyl (C=O) groups is 1. The van der Waals surface area contributed by atoms with Gasteiger partial charge < -0.3 is 4.74 Å². The van der Waals surface area contributed by atoms with Gasteiger partial charge in [-0.25, -0.2) is 14.8 Å². The summed E-state index contributed by atoms with van der Waals surface area (Å²) in [6, 6.07) is 7.26. The lowest BCUT2D eigenvalue weighted by Gasteiger charge is -2.03. The Bertz CT molecular complexity index is 799. The molecule has 21 heavy (non-hydrogen) atoms. The topological polar surface area (TPSA) is 52.1 Å². The van der Waals surface area contributed by atoms with E-state index in [9.17, 15) is 4.79 Å². The van der Waals surface area contributed by atoms with Gasteiger partial charge in [0.2, 0.25) is 5.28 Å². The zero-order valence-corrected chi connectivity index (χ0v) is 12.7. The van der Waals surface area contributed by atoms with E-state index in [0.717, 1.165) is 21.3 Å². The van der Waals surface area contributed by atoms with Gasteiger partial charge in [0, 0.05) is 17.1 Å². The van der Waals surface area contributed by atoms with E-state index in [1.54, 1.807) is 36.6 Å². The summed E-state index contributed by atoms with van der Waals surface area (Å²) in [7, 11) is 0. The van der Waals surface area contributed by atoms with Crippen molar-refractivity contribution >= 4 is 39.1 Å². The van der Waals surface area contributed by atoms with Crippen LogP contribution in [0.2, 0.25) is 5.28 Å². The lowest BCUT2D eigenvalue weighted by atomic mass is 10.1. The summed E-state index contributed by atoms with van der Waals surface area (Å²) in [5.41, 5.74) is 3.32. The smallest absolute Gasteiger partial charge is 0.338 e. The zero-order chi connectivity index (χ0) is 14.8. The second kappa shape index (κ2) is 5.79. The van der Waals surface area contributed by atoms with Gasteiger partial charge in [0.05, 0.1) is 22.4 Å². The van der Waals surface area contributed by atoms with Crippen molar-refractivity contribution in [2.24, 2.45) is 0 Å². The van der Waals surface area contributed by atoms with E-state index in [0.29, 0.717) is 12.2 Å². The molecule has 3 rings (SSSR count). The monoisotopic (exact) mass is 318 g/mol. The van der Waals surface area contributed by atoms with Crippen LogP contribution in [0.5, 0.6) is 0 Å². The standard InChI is InChI=1S/C15H11ClN2O2S/c1-2-20-14(19)10-5-3-9(4-6-10)11-8-21-12-7-17-15(16)18-13(11)12/h3-8H,2H2,1H3. The van der Waals surface area contributed by atoms with Gasteiger partial charge in [-0.1, -0.05) is 12.1 Å². The Hall–Kier alpha value is -1.98. The maximum absolute atomic E-state index is 11.6. The summed E-state index contributed by atoms with van der Waals surface area (Å²) in [6.45, 7) is 2.15. The van der Waals surface area contributed by atoms with Crippen LogP contribution in [0.25, 0.3) is 21.3 Å². The van der Waals surface area contributed by atoms with Gasteiger partial charge in [-0.05, 0) is 36.2 Å². The Morgan fingerprint density at radius 2 is 2.10 bits per heavy atom. The zero-order valence-electron chi connectivity index (χ0n) is 11.2. The molecule has 0 amide bonds. The van der Waals surface area contributed by atoms with Crippen molar-refractivity contribution < 1.29 is 9.53 Å². The Kier molecular flexibility index (Phi) is 3.86. The van der Waals surface area contributed by atoms with Crippen LogP contribution in [-0.2, 0) is 4.74 Å². The number of hydrogen-bond donors (Lipinski definition) is 0. The number of ether oxygens (including phenoxy) is 1. The number of halogens is 1. The summed E-state index contributed by atoms with van der Waals surface area (Å²) in [6.07, 6.45) is 1.71. The Labute approximate surface area is 130 Å². The summed E-state index contributed by atoms with van der Waals surface area (Å²) < 4.78 is 5.95. The van der Waals surface area contributed by atoms with Crippen LogP contribution in [0.4, 0.5) is 0 Å². The maximum atomic E-state index is 11.6. The molecule has 0 aliphatic rings. The van der Waals surface area contributed by atoms with Gasteiger partial charge in [-0.2, -0.15) is 0 Å². The minimum atomic E-state index is -0.315. The number of thiophene rings is 1. The molecule has 3 aromatic rings. The van der Waals surface area contributed by atoms with Crippen molar-refractivity contribution in [2.45, 2.75) is 6.92 Å². The molecule has 106 valence electrons. The number of nitrogens with zero attached hydrogens (tertiary/aromatic N) is 2. The van der Waals surface area contributed by atoms with Gasteiger partial charge in [-0.3, -0.25) is 0 Å². The summed E-state index contributed by atoms with van der Waals surface area (Å²) in [4.78, 5) is 19.9. The molecule has 0 saturated carbocycles. The number of carbonyl (C=O) groups excluding carboxylic acids is 1. The van der Waals surface area contributed by atoms with Crippen LogP contribution in [0.1, 0.15) is 17.3 Å². The van der Waals surface area contributed by atoms with Crippen molar-refractivity contribution in [1.29, 1.82) is 0 Å². The number of aromatic nitrogens is 2. The maximum Gasteiger partial charge on any atom is 0.338 e. The molecule has 0 fully saturated rings. The second-order valence-corrected chi connectivity index (χ2v) is 5.55. The molecule has 4 nitrogen and oxygen atoms in total. The number of esters is 1. The third kappa shape index (κ3) is 2.75. The molecule has 2 aromatic heterocycles. The van der Waals surface area contributed by atoms with Crippen molar-refractivity contribution in [3.63, 3.8) is 0 Å². The van der Waals surface area contributed by atoms with Crippen LogP contribution in [0, 0.1) is 0 Å². The Morgan fingerprint density at radius 3 is 2.81 bits per heavy atom. The first-order chi connectivity index (χ1) is 10.2. The van der Waals surface area contributed by atoms with Crippen molar-refractivity contribution in [1.82, 2.24) is 9.97 Å². The summed E-state index contributed by atoms with van der Waals surface area (Å²) in [5.74, 6) is -0.315. The lowest BCUT2D eigenvalue weighted by molar-refractivity contribution is 0.0526. The van der Waals surface area contributed by atoms with Crippen LogP contribution in [0.3, 0.4) is 0 Å². The molecular formula is C15H11ClN2O2S. The molecule has 2 heterocycles. The average Bonchev–Trinajstić information content (AvgIpc) is 2.90. The van der Waals surface area contributed by atoms with E-state index in [4.69, 9.17) is 16.3 Å². The molecule has 1 aromatic carbocycles. The minimum Gasteiger partial charge on any atom is -0.462 e. The van der Waals surface area contributed by atoms with E-state index in [1.807, 2.05) is 17.5 Å². The molecule has 0 spiro atoms. The average molecular weight is 319 g/mol. The van der Waals surface area contributed by atoms with Crippen molar-refractivity contribution in [3.05, 3.63) is 46.7 Å². The lowest BCUT2D eigenvalue weighted by Crippen LogP contribution is -2.03. The normalized spacial score (nSPS) is 10.8. The number of rotatable bonds is 3. The van der Waals surface area contributed by atoms with E-state index in [1.165, 1.54) is 0 Å². The highest BCUT2D eigenvalue weighted by molar-refractivity contribution is 7.17. The van der Waals surface area contributed by atoms with Crippen LogP contribution in [-0.4, -0.2) is 22.5 Å². The third-order valence-electron chi connectivity index (χ3n) is 2.99. The van der Waals surface area contributed by atoms with Gasteiger partial charge in [0.25, 0.3) is 0 Å². The van der Waals surface area contributed by atoms with E-state index in [2.05, 4.69) is 9.97 Å². The quantitative estimate of drug-likeness (QED) is 0.537. The first-order valence-corrected chi connectivity index (χ1v) is 7.62. The fourth-order valence-corrected chi connectivity index (χ4v) is 3.02. The number of hydrogen-bond acceptors (Lipinski definition) is 5. The van der Waals surface area contributed by atoms with Crippen LogP contribution in [0.15, 0.2) is 35.8 Å². The molecule has 0 aliphatic carbocycles. The molecular weight excluding hydrogens is 308 g/mol. The number of benzene rings is 1. The van der Waals surface area contributed by atoms with Gasteiger partial charge in [0.15, 0.2) is 0 Å². The van der Waals surface area contributed by atoms with Crippen LogP contribution < -0.4 is 0 Å². The molecule has 6 heteroatoms. The molecule has 0 N–H and O–H groups in total. The molecule has 0 aliphatic heterocycles. The Balaban J connectivity index is 1.99. The highest BCUT2D eigenvalue weighted by atomic mass is 35.5. The summed E-state index contributed by atoms with van der Waals surface area (Å²) in [5, 5.41) is 2.24. The predicted molar refractivity (Wildman–Crippen MR) is 83.8 cm³/mol. The van der Waals surface area contributed by atoms with Crippen molar-refractivity contribution in [2.75, 3.05) is 6.61 Å². The van der Waals surface area contributed by atoms with Gasteiger partial charge >= 0.3 is 5.97 Å². The fourth-order valence-electron chi connectivity index (χ4n) is 2.01. The van der Waals surface area contributed by atoms with E-state index in [-0.39, 0.29) is 11.3 Å². The highest BCUT2D eigenvalue weighted by Gasteiger charge is 2.11. The largest absolute Gasteiger partial charge is 0.462 e. The van der Waals surface area contributed by atoms with Gasteiger partial charge in [0.1, 0.15) is 0 Å². The van der Waals surface area contributed by atoms with Gasteiger partial charge in [-0.15, -0.1) is 11.3 Å². The SMILES string of the molecule is CCOC(=O)c1ccc(-c2csc3cnc(Cl)nc23)cc1. The molecule has 0 unspecified atom stereocenters. The Morgan fingerprint density at radius 1 is 1.33 bits per heavy atom. The molecule has 0 atom stereocenters. The van der Waals surface area contributed by atoms with E-state index >= 15 is 0 Å². The second-order valence-electron chi connectivity index (χ2n) is 4.30. The fraction of sp³-hybridized carbons (Fsp3) is 0.133. The first kappa shape index (κ1) is 14.0. The third-order valence-corrected chi connectivity index (χ3v) is 4.08. The predicted octanol–water partition coefficient (Wildman–Crippen LogP) is 4.19.